The zero-order valence-corrected chi connectivity index (χ0v) is 20.1. The molecule has 5 rings (SSSR count). The number of anilines is 1. The lowest BCUT2D eigenvalue weighted by Crippen LogP contribution is -2.28. The molecule has 1 amide bonds. The lowest BCUT2D eigenvalue weighted by Gasteiger charge is -2.29. The zero-order chi connectivity index (χ0) is 24.5. The molecule has 0 radical (unpaired) electrons. The van der Waals surface area contributed by atoms with Crippen LogP contribution in [0.25, 0.3) is 5.69 Å². The molecule has 1 saturated carbocycles. The minimum Gasteiger partial charge on any atom is -0.490 e. The summed E-state index contributed by atoms with van der Waals surface area (Å²) in [5.41, 5.74) is 0.0120. The second-order valence-electron chi connectivity index (χ2n) is 9.49. The third-order valence-electron chi connectivity index (χ3n) is 7.12. The number of ether oxygens (including phenoxy) is 1. The van der Waals surface area contributed by atoms with Gasteiger partial charge in [-0.2, -0.15) is 4.68 Å². The fraction of sp³-hybridized carbons (Fsp3) is 0.520. The first-order valence-corrected chi connectivity index (χ1v) is 12.3. The molecule has 0 spiro atoms. The molecule has 186 valence electrons. The van der Waals surface area contributed by atoms with E-state index in [-0.39, 0.29) is 28.8 Å². The number of hydrogen-bond donors (Lipinski definition) is 1. The molecule has 0 bridgehead atoms. The highest BCUT2D eigenvalue weighted by atomic mass is 19.1. The van der Waals surface area contributed by atoms with Crippen LogP contribution in [0.3, 0.4) is 0 Å². The van der Waals surface area contributed by atoms with Crippen LogP contribution in [0.2, 0.25) is 0 Å². The van der Waals surface area contributed by atoms with E-state index in [0.29, 0.717) is 36.2 Å². The molecule has 3 aromatic rings. The molecule has 1 aromatic carbocycles. The van der Waals surface area contributed by atoms with Crippen LogP contribution in [0.4, 0.5) is 10.1 Å². The van der Waals surface area contributed by atoms with E-state index in [1.54, 1.807) is 11.5 Å². The van der Waals surface area contributed by atoms with Crippen LogP contribution in [0.5, 0.6) is 5.75 Å². The first-order chi connectivity index (χ1) is 16.9. The van der Waals surface area contributed by atoms with Crippen LogP contribution in [-0.4, -0.2) is 31.5 Å². The molecule has 1 N–H and O–H groups in total. The van der Waals surface area contributed by atoms with Gasteiger partial charge in [0.05, 0.1) is 17.9 Å². The fourth-order valence-corrected chi connectivity index (χ4v) is 5.04. The van der Waals surface area contributed by atoms with E-state index in [9.17, 15) is 9.59 Å². The lowest BCUT2D eigenvalue weighted by molar-refractivity contribution is 0.0996. The number of nitrogens with one attached hydrogen (secondary N) is 1. The number of carbonyl (C=O) groups excluding carboxylic acids is 1. The van der Waals surface area contributed by atoms with Gasteiger partial charge in [-0.1, -0.05) is 24.4 Å². The predicted octanol–water partition coefficient (Wildman–Crippen LogP) is 4.41. The van der Waals surface area contributed by atoms with Crippen LogP contribution >= 0.6 is 0 Å². The Morgan fingerprint density at radius 1 is 1.23 bits per heavy atom. The molecule has 1 fully saturated rings. The Morgan fingerprint density at radius 3 is 2.74 bits per heavy atom. The number of amides is 1. The summed E-state index contributed by atoms with van der Waals surface area (Å²) >= 11 is 0. The monoisotopic (exact) mass is 483 g/mol. The maximum absolute atomic E-state index is 15.4. The molecular formula is C25H30FN5O4. The van der Waals surface area contributed by atoms with E-state index in [1.165, 1.54) is 18.7 Å². The standard InChI is InChI=1S/C25H30FN5O4/c1-15(17-8-4-3-5-9-17)34-22-13-21(31-25(33)30-11-7-6-10-23(30)29-31)19(26)12-18(22)24(32)28-20-14-27-35-16(20)2/h12-15,17H,3-11H2,1-2H3,(H,28,32). The van der Waals surface area contributed by atoms with Crippen molar-refractivity contribution in [2.45, 2.75) is 77.9 Å². The summed E-state index contributed by atoms with van der Waals surface area (Å²) in [5, 5.41) is 10.8. The van der Waals surface area contributed by atoms with E-state index < -0.39 is 11.7 Å². The minimum absolute atomic E-state index is 0.0274. The number of aromatic nitrogens is 4. The van der Waals surface area contributed by atoms with Gasteiger partial charge in [0.2, 0.25) is 0 Å². The van der Waals surface area contributed by atoms with Gasteiger partial charge in [-0.25, -0.2) is 9.18 Å². The molecular weight excluding hydrogens is 453 g/mol. The Hall–Kier alpha value is -3.43. The highest BCUT2D eigenvalue weighted by Gasteiger charge is 2.27. The Labute approximate surface area is 202 Å². The second kappa shape index (κ2) is 9.67. The minimum atomic E-state index is -0.729. The Balaban J connectivity index is 1.54. The van der Waals surface area contributed by atoms with Crippen molar-refractivity contribution in [3.05, 3.63) is 51.8 Å². The molecule has 3 heterocycles. The van der Waals surface area contributed by atoms with E-state index in [4.69, 9.17) is 9.26 Å². The van der Waals surface area contributed by atoms with Gasteiger partial charge in [0.1, 0.15) is 28.8 Å². The van der Waals surface area contributed by atoms with Gasteiger partial charge in [0.25, 0.3) is 5.91 Å². The molecule has 1 atom stereocenters. The van der Waals surface area contributed by atoms with Crippen molar-refractivity contribution in [2.24, 2.45) is 5.92 Å². The maximum atomic E-state index is 15.4. The Bertz CT molecular complexity index is 1290. The number of carbonyl (C=O) groups is 1. The molecule has 0 saturated heterocycles. The lowest BCUT2D eigenvalue weighted by atomic mass is 9.86. The first-order valence-electron chi connectivity index (χ1n) is 12.3. The first kappa shape index (κ1) is 23.3. The third kappa shape index (κ3) is 4.61. The van der Waals surface area contributed by atoms with Crippen molar-refractivity contribution >= 4 is 11.6 Å². The molecule has 10 heteroatoms. The zero-order valence-electron chi connectivity index (χ0n) is 20.1. The summed E-state index contributed by atoms with van der Waals surface area (Å²) in [6, 6.07) is 2.53. The summed E-state index contributed by atoms with van der Waals surface area (Å²) in [5.74, 6) is 0.351. The third-order valence-corrected chi connectivity index (χ3v) is 7.12. The van der Waals surface area contributed by atoms with Gasteiger partial charge >= 0.3 is 5.69 Å². The van der Waals surface area contributed by atoms with Crippen LogP contribution in [0, 0.1) is 18.7 Å². The maximum Gasteiger partial charge on any atom is 0.350 e. The molecule has 2 aromatic heterocycles. The van der Waals surface area contributed by atoms with Crippen LogP contribution in [-0.2, 0) is 13.0 Å². The largest absolute Gasteiger partial charge is 0.490 e. The van der Waals surface area contributed by atoms with Gasteiger partial charge in [-0.3, -0.25) is 9.36 Å². The number of rotatable bonds is 6. The Morgan fingerprint density at radius 2 is 2.03 bits per heavy atom. The van der Waals surface area contributed by atoms with Gasteiger partial charge in [0.15, 0.2) is 5.76 Å². The smallest absolute Gasteiger partial charge is 0.350 e. The van der Waals surface area contributed by atoms with E-state index in [1.807, 2.05) is 6.92 Å². The highest BCUT2D eigenvalue weighted by Crippen LogP contribution is 2.32. The Kier molecular flexibility index (Phi) is 6.44. The SMILES string of the molecule is Cc1oncc1NC(=O)c1cc(F)c(-n2nc3n(c2=O)CCCC3)cc1OC(C)C1CCCCC1. The van der Waals surface area contributed by atoms with Gasteiger partial charge < -0.3 is 14.6 Å². The molecule has 1 unspecified atom stereocenters. The summed E-state index contributed by atoms with van der Waals surface area (Å²) < 4.78 is 29.4. The molecule has 1 aliphatic heterocycles. The van der Waals surface area contributed by atoms with Crippen molar-refractivity contribution < 1.29 is 18.4 Å². The van der Waals surface area contributed by atoms with Crippen LogP contribution in [0.15, 0.2) is 27.6 Å². The van der Waals surface area contributed by atoms with Gasteiger partial charge in [-0.05, 0) is 51.5 Å². The van der Waals surface area contributed by atoms with Crippen molar-refractivity contribution in [3.8, 4) is 11.4 Å². The summed E-state index contributed by atoms with van der Waals surface area (Å²) in [6.07, 6.45) is 9.29. The average Bonchev–Trinajstić information content (AvgIpc) is 3.42. The molecule has 1 aliphatic carbocycles. The van der Waals surface area contributed by atoms with E-state index >= 15 is 4.39 Å². The molecule has 9 nitrogen and oxygen atoms in total. The van der Waals surface area contributed by atoms with E-state index in [0.717, 1.165) is 49.3 Å². The van der Waals surface area contributed by atoms with Crippen LogP contribution in [0.1, 0.15) is 73.8 Å². The predicted molar refractivity (Wildman–Crippen MR) is 127 cm³/mol. The topological polar surface area (TPSA) is 104 Å². The van der Waals surface area contributed by atoms with Crippen molar-refractivity contribution in [1.82, 2.24) is 19.5 Å². The molecule has 35 heavy (non-hydrogen) atoms. The number of hydrogen-bond acceptors (Lipinski definition) is 6. The van der Waals surface area contributed by atoms with Crippen LogP contribution < -0.4 is 15.7 Å². The number of benzene rings is 1. The second-order valence-corrected chi connectivity index (χ2v) is 9.49. The number of fused-ring (bicyclic) bond motifs is 1. The summed E-state index contributed by atoms with van der Waals surface area (Å²) in [7, 11) is 0. The number of halogens is 1. The fourth-order valence-electron chi connectivity index (χ4n) is 5.04. The highest BCUT2D eigenvalue weighted by molar-refractivity contribution is 6.06. The summed E-state index contributed by atoms with van der Waals surface area (Å²) in [4.78, 5) is 26.1. The normalized spacial score (nSPS) is 17.1. The van der Waals surface area contributed by atoms with Crippen molar-refractivity contribution in [3.63, 3.8) is 0 Å². The van der Waals surface area contributed by atoms with Gasteiger partial charge in [0, 0.05) is 19.0 Å². The summed E-state index contributed by atoms with van der Waals surface area (Å²) in [6.45, 7) is 4.21. The van der Waals surface area contributed by atoms with E-state index in [2.05, 4.69) is 15.6 Å². The average molecular weight is 484 g/mol. The van der Waals surface area contributed by atoms with Crippen molar-refractivity contribution in [1.29, 1.82) is 0 Å². The van der Waals surface area contributed by atoms with Gasteiger partial charge in [-0.15, -0.1) is 5.10 Å². The van der Waals surface area contributed by atoms with Crippen molar-refractivity contribution in [2.75, 3.05) is 5.32 Å². The molecule has 2 aliphatic rings. The number of aryl methyl sites for hydroxylation is 2. The quantitative estimate of drug-likeness (QED) is 0.557. The number of nitrogens with zero attached hydrogens (tertiary/aromatic N) is 4.